The number of aliphatic hydroxyl groups is 1. The van der Waals surface area contributed by atoms with Gasteiger partial charge in [-0.15, -0.1) is 0 Å². The normalized spacial score (nSPS) is 17.5. The Balaban J connectivity index is 2.13. The number of rotatable bonds is 6. The second-order valence-corrected chi connectivity index (χ2v) is 5.87. The lowest BCUT2D eigenvalue weighted by Crippen LogP contribution is -2.41. The van der Waals surface area contributed by atoms with E-state index in [2.05, 4.69) is 10.2 Å². The minimum absolute atomic E-state index is 0.101. The average molecular weight is 347 g/mol. The van der Waals surface area contributed by atoms with Gasteiger partial charge < -0.3 is 15.3 Å². The number of hydrogen-bond acceptors (Lipinski definition) is 5. The van der Waals surface area contributed by atoms with Crippen molar-refractivity contribution in [3.63, 3.8) is 0 Å². The molecule has 1 aromatic rings. The molecule has 1 unspecified atom stereocenters. The number of piperidine rings is 1. The van der Waals surface area contributed by atoms with Gasteiger partial charge in [-0.05, 0) is 38.1 Å². The maximum Gasteiger partial charge on any atom is 0.423 e. The predicted octanol–water partition coefficient (Wildman–Crippen LogP) is 2.87. The van der Waals surface area contributed by atoms with Crippen molar-refractivity contribution < 1.29 is 23.2 Å². The van der Waals surface area contributed by atoms with E-state index in [0.717, 1.165) is 44.5 Å². The van der Waals surface area contributed by atoms with Crippen LogP contribution in [0.2, 0.25) is 0 Å². The number of nitro groups is 1. The Hall–Kier alpha value is -1.87. The summed E-state index contributed by atoms with van der Waals surface area (Å²) in [5, 5.41) is 23.1. The maximum absolute atomic E-state index is 13.0. The quantitative estimate of drug-likeness (QED) is 0.611. The van der Waals surface area contributed by atoms with Crippen molar-refractivity contribution in [2.24, 2.45) is 0 Å². The number of anilines is 1. The van der Waals surface area contributed by atoms with Gasteiger partial charge in [0.1, 0.15) is 5.56 Å². The lowest BCUT2D eigenvalue weighted by atomic mass is 10.1. The van der Waals surface area contributed by atoms with E-state index >= 15 is 0 Å². The largest absolute Gasteiger partial charge is 0.423 e. The fourth-order valence-corrected chi connectivity index (χ4v) is 2.85. The molecule has 0 spiro atoms. The van der Waals surface area contributed by atoms with Crippen LogP contribution in [0.3, 0.4) is 0 Å². The van der Waals surface area contributed by atoms with Crippen LogP contribution < -0.4 is 5.32 Å². The SMILES string of the molecule is O=[N+]([O-])c1ccc(NC(CO)CN2CCCCC2)cc1C(F)(F)F. The number of nitrogens with one attached hydrogen (secondary N) is 1. The summed E-state index contributed by atoms with van der Waals surface area (Å²) in [7, 11) is 0. The Morgan fingerprint density at radius 1 is 1.29 bits per heavy atom. The molecule has 2 N–H and O–H groups in total. The van der Waals surface area contributed by atoms with E-state index in [1.165, 1.54) is 6.07 Å². The zero-order valence-corrected chi connectivity index (χ0v) is 13.1. The van der Waals surface area contributed by atoms with Crippen LogP contribution in [0.15, 0.2) is 18.2 Å². The first-order valence-electron chi connectivity index (χ1n) is 7.76. The number of halogens is 3. The molecule has 1 heterocycles. The molecule has 0 radical (unpaired) electrons. The summed E-state index contributed by atoms with van der Waals surface area (Å²) in [6, 6.07) is 2.34. The predicted molar refractivity (Wildman–Crippen MR) is 82.9 cm³/mol. The molecule has 24 heavy (non-hydrogen) atoms. The molecule has 1 aliphatic rings. The molecule has 2 rings (SSSR count). The molecule has 0 amide bonds. The van der Waals surface area contributed by atoms with Gasteiger partial charge in [0.05, 0.1) is 17.6 Å². The Kier molecular flexibility index (Phi) is 6.00. The highest BCUT2D eigenvalue weighted by Gasteiger charge is 2.38. The molecule has 1 saturated heterocycles. The molecule has 0 aliphatic carbocycles. The minimum Gasteiger partial charge on any atom is -0.394 e. The number of nitro benzene ring substituents is 1. The fourth-order valence-electron chi connectivity index (χ4n) is 2.85. The van der Waals surface area contributed by atoms with Gasteiger partial charge in [-0.3, -0.25) is 10.1 Å². The van der Waals surface area contributed by atoms with Gasteiger partial charge in [0.2, 0.25) is 0 Å². The summed E-state index contributed by atoms with van der Waals surface area (Å²) in [5.74, 6) is 0. The van der Waals surface area contributed by atoms with Crippen molar-refractivity contribution in [1.82, 2.24) is 4.90 Å². The standard InChI is InChI=1S/C15H20F3N3O3/c16-15(17,18)13-8-11(4-5-14(13)21(23)24)19-12(10-22)9-20-6-2-1-3-7-20/h4-5,8,12,19,22H,1-3,6-7,9-10H2. The number of benzene rings is 1. The number of aliphatic hydroxyl groups excluding tert-OH is 1. The van der Waals surface area contributed by atoms with E-state index < -0.39 is 28.4 Å². The summed E-state index contributed by atoms with van der Waals surface area (Å²) in [5.41, 5.74) is -2.18. The Bertz CT molecular complexity index is 575. The van der Waals surface area contributed by atoms with Crippen LogP contribution in [-0.2, 0) is 6.18 Å². The lowest BCUT2D eigenvalue weighted by Gasteiger charge is -2.30. The number of alkyl halides is 3. The van der Waals surface area contributed by atoms with Crippen molar-refractivity contribution in [3.8, 4) is 0 Å². The highest BCUT2D eigenvalue weighted by molar-refractivity contribution is 5.55. The molecule has 0 bridgehead atoms. The van der Waals surface area contributed by atoms with Gasteiger partial charge in [-0.1, -0.05) is 6.42 Å². The Morgan fingerprint density at radius 3 is 2.50 bits per heavy atom. The van der Waals surface area contributed by atoms with Crippen molar-refractivity contribution >= 4 is 11.4 Å². The van der Waals surface area contributed by atoms with Crippen LogP contribution in [0, 0.1) is 10.1 Å². The first-order valence-corrected chi connectivity index (χ1v) is 7.76. The molecule has 6 nitrogen and oxygen atoms in total. The van der Waals surface area contributed by atoms with Crippen LogP contribution in [0.5, 0.6) is 0 Å². The fraction of sp³-hybridized carbons (Fsp3) is 0.600. The third-order valence-electron chi connectivity index (χ3n) is 4.02. The van der Waals surface area contributed by atoms with E-state index in [1.807, 2.05) is 0 Å². The molecule has 1 atom stereocenters. The summed E-state index contributed by atoms with van der Waals surface area (Å²) in [4.78, 5) is 11.9. The minimum atomic E-state index is -4.82. The van der Waals surface area contributed by atoms with Crippen molar-refractivity contribution in [2.75, 3.05) is 31.6 Å². The van der Waals surface area contributed by atoms with Gasteiger partial charge in [-0.25, -0.2) is 0 Å². The molecule has 9 heteroatoms. The molecular formula is C15H20F3N3O3. The van der Waals surface area contributed by atoms with Crippen molar-refractivity contribution in [3.05, 3.63) is 33.9 Å². The summed E-state index contributed by atoms with van der Waals surface area (Å²) in [6.07, 6.45) is -1.53. The van der Waals surface area contributed by atoms with Gasteiger partial charge in [-0.2, -0.15) is 13.2 Å². The Labute approximate surface area is 137 Å². The zero-order chi connectivity index (χ0) is 17.7. The van der Waals surface area contributed by atoms with Gasteiger partial charge in [0, 0.05) is 18.3 Å². The zero-order valence-electron chi connectivity index (χ0n) is 13.1. The highest BCUT2D eigenvalue weighted by atomic mass is 19.4. The van der Waals surface area contributed by atoms with Gasteiger partial charge >= 0.3 is 6.18 Å². The molecule has 0 saturated carbocycles. The lowest BCUT2D eigenvalue weighted by molar-refractivity contribution is -0.388. The van der Waals surface area contributed by atoms with Crippen LogP contribution in [0.1, 0.15) is 24.8 Å². The number of hydrogen-bond donors (Lipinski definition) is 2. The van der Waals surface area contributed by atoms with E-state index in [9.17, 15) is 28.4 Å². The van der Waals surface area contributed by atoms with Crippen LogP contribution >= 0.6 is 0 Å². The number of nitrogens with zero attached hydrogens (tertiary/aromatic N) is 2. The molecule has 0 aromatic heterocycles. The third kappa shape index (κ3) is 4.81. The second kappa shape index (κ2) is 7.80. The van der Waals surface area contributed by atoms with Crippen molar-refractivity contribution in [1.29, 1.82) is 0 Å². The topological polar surface area (TPSA) is 78.6 Å². The highest BCUT2D eigenvalue weighted by Crippen LogP contribution is 2.37. The molecule has 1 aliphatic heterocycles. The van der Waals surface area contributed by atoms with Crippen LogP contribution in [-0.4, -0.2) is 47.2 Å². The molecule has 134 valence electrons. The van der Waals surface area contributed by atoms with E-state index in [4.69, 9.17) is 0 Å². The summed E-state index contributed by atoms with van der Waals surface area (Å²) in [6.45, 7) is 2.06. The molecule has 1 aromatic carbocycles. The summed E-state index contributed by atoms with van der Waals surface area (Å²) >= 11 is 0. The average Bonchev–Trinajstić information content (AvgIpc) is 2.54. The van der Waals surface area contributed by atoms with Gasteiger partial charge in [0.15, 0.2) is 0 Å². The molecule has 1 fully saturated rings. The Morgan fingerprint density at radius 2 is 1.96 bits per heavy atom. The first-order chi connectivity index (χ1) is 11.3. The van der Waals surface area contributed by atoms with Crippen LogP contribution in [0.25, 0.3) is 0 Å². The molecular weight excluding hydrogens is 327 g/mol. The smallest absolute Gasteiger partial charge is 0.394 e. The second-order valence-electron chi connectivity index (χ2n) is 5.87. The van der Waals surface area contributed by atoms with E-state index in [-0.39, 0.29) is 12.3 Å². The van der Waals surface area contributed by atoms with Crippen LogP contribution in [0.4, 0.5) is 24.5 Å². The van der Waals surface area contributed by atoms with Crippen molar-refractivity contribution in [2.45, 2.75) is 31.5 Å². The van der Waals surface area contributed by atoms with Gasteiger partial charge in [0.25, 0.3) is 5.69 Å². The maximum atomic E-state index is 13.0. The third-order valence-corrected chi connectivity index (χ3v) is 4.02. The van der Waals surface area contributed by atoms with E-state index in [0.29, 0.717) is 6.54 Å². The summed E-state index contributed by atoms with van der Waals surface area (Å²) < 4.78 is 39.0. The monoisotopic (exact) mass is 347 g/mol. The first kappa shape index (κ1) is 18.5. The number of likely N-dealkylation sites (tertiary alicyclic amines) is 1. The van der Waals surface area contributed by atoms with E-state index in [1.54, 1.807) is 0 Å².